The van der Waals surface area contributed by atoms with Gasteiger partial charge in [-0.25, -0.2) is 0 Å². The third kappa shape index (κ3) is 7.75. The Balaban J connectivity index is 1.62. The van der Waals surface area contributed by atoms with E-state index in [9.17, 15) is 0 Å². The Hall–Kier alpha value is -1.96. The molecule has 0 aliphatic heterocycles. The molecule has 2 aliphatic rings. The molecular weight excluding hydrogens is 839 g/mol. The van der Waals surface area contributed by atoms with Crippen molar-refractivity contribution in [2.24, 2.45) is 0 Å². The van der Waals surface area contributed by atoms with Crippen molar-refractivity contribution in [2.45, 2.75) is 166 Å². The summed E-state index contributed by atoms with van der Waals surface area (Å²) in [5.41, 5.74) is 21.9. The maximum absolute atomic E-state index is 8.83. The van der Waals surface area contributed by atoms with Crippen LogP contribution in [0.1, 0.15) is 174 Å². The van der Waals surface area contributed by atoms with Gasteiger partial charge < -0.3 is 0 Å². The van der Waals surface area contributed by atoms with Gasteiger partial charge in [0.25, 0.3) is 0 Å². The van der Waals surface area contributed by atoms with Gasteiger partial charge in [-0.05, 0) is 0 Å². The molecule has 2 aliphatic carbocycles. The summed E-state index contributed by atoms with van der Waals surface area (Å²) >= 11 is -4.94. The van der Waals surface area contributed by atoms with Gasteiger partial charge in [0.15, 0.2) is 0 Å². The third-order valence-corrected chi connectivity index (χ3v) is 66.1. The summed E-state index contributed by atoms with van der Waals surface area (Å²) in [5.74, 6) is -1.70. The molecule has 0 N–H and O–H groups in total. The SMILES string of the molecule is CCc1ccc2c(c1-c1cc(C(C)(C)C)cc(C(C)(C)C)c1)C=C(C)[CH]2[Zr]([Cl])([Cl])([CH]1C(C)=Cc2c1ccc(CC)c2-c1cc(C(C)(C)C)cc(C(C)(C)C)c1)[SiH](C)C. The van der Waals surface area contributed by atoms with E-state index in [2.05, 4.69) is 197 Å². The average molecular weight is 912 g/mol. The molecule has 58 heavy (non-hydrogen) atoms. The van der Waals surface area contributed by atoms with Gasteiger partial charge >= 0.3 is 366 Å². The van der Waals surface area contributed by atoms with Crippen LogP contribution in [0.2, 0.25) is 13.1 Å². The predicted octanol–water partition coefficient (Wildman–Crippen LogP) is 16.9. The molecule has 0 saturated heterocycles. The molecule has 4 aromatic rings. The Bertz CT molecular complexity index is 2120. The summed E-state index contributed by atoms with van der Waals surface area (Å²) in [6.07, 6.45) is 6.93. The fourth-order valence-corrected chi connectivity index (χ4v) is 43.1. The Labute approximate surface area is 363 Å². The number of benzene rings is 4. The fraction of sp³-hybridized carbons (Fsp3) is 0.481. The summed E-state index contributed by atoms with van der Waals surface area (Å²) in [7, 11) is 17.7. The van der Waals surface area contributed by atoms with E-state index in [0.29, 0.717) is 0 Å². The molecule has 0 saturated carbocycles. The zero-order valence-electron chi connectivity index (χ0n) is 39.3. The van der Waals surface area contributed by atoms with E-state index in [1.165, 1.54) is 89.0 Å². The second kappa shape index (κ2) is 15.1. The van der Waals surface area contributed by atoms with Crippen molar-refractivity contribution in [1.82, 2.24) is 0 Å². The van der Waals surface area contributed by atoms with Crippen molar-refractivity contribution in [3.8, 4) is 22.3 Å². The maximum atomic E-state index is 8.83. The number of rotatable bonds is 7. The van der Waals surface area contributed by atoms with Gasteiger partial charge in [-0.2, -0.15) is 0 Å². The summed E-state index contributed by atoms with van der Waals surface area (Å²) < 4.78 is 0.101. The molecule has 2 unspecified atom stereocenters. The third-order valence-electron chi connectivity index (χ3n) is 13.9. The van der Waals surface area contributed by atoms with Crippen molar-refractivity contribution in [2.75, 3.05) is 0 Å². The molecule has 0 bridgehead atoms. The number of halogens is 2. The molecule has 0 amide bonds. The van der Waals surface area contributed by atoms with Gasteiger partial charge in [-0.3, -0.25) is 0 Å². The number of aryl methyl sites for hydroxylation is 2. The van der Waals surface area contributed by atoms with Crippen molar-refractivity contribution in [3.63, 3.8) is 0 Å². The molecule has 4 aromatic carbocycles. The van der Waals surface area contributed by atoms with Crippen molar-refractivity contribution in [1.29, 1.82) is 0 Å². The Morgan fingerprint density at radius 3 is 1.03 bits per heavy atom. The molecule has 2 atom stereocenters. The van der Waals surface area contributed by atoms with E-state index >= 15 is 0 Å². The average Bonchev–Trinajstić information content (AvgIpc) is 3.65. The van der Waals surface area contributed by atoms with Crippen molar-refractivity contribution >= 4 is 35.1 Å². The van der Waals surface area contributed by atoms with E-state index in [1.54, 1.807) is 0 Å². The summed E-state index contributed by atoms with van der Waals surface area (Å²) in [6, 6.07) is 24.4. The first-order chi connectivity index (χ1) is 26.5. The number of allylic oxidation sites excluding steroid dienone is 2. The molecule has 0 heterocycles. The zero-order chi connectivity index (χ0) is 43.3. The van der Waals surface area contributed by atoms with E-state index in [-0.39, 0.29) is 28.9 Å². The number of hydrogen-bond donors (Lipinski definition) is 0. The van der Waals surface area contributed by atoms with Gasteiger partial charge in [-0.15, -0.1) is 0 Å². The standard InChI is InChI=1S/2C26H33.C2H7Si.2ClH.Zr/c2*1-9-18-10-11-19-12-17(2)13-23(19)24(18)20-14-21(25(3,4)5)16-22(15-20)26(6,7)8;1-3-2;;;/h2*10-16H,9H2,1-8H3;3H,1-2H3;2*1H;/q;;;;;+2/p-2. The van der Waals surface area contributed by atoms with Crippen LogP contribution in [0.3, 0.4) is 0 Å². The van der Waals surface area contributed by atoms with Crippen LogP contribution in [0.4, 0.5) is 0 Å². The molecule has 0 radical (unpaired) electrons. The molecule has 0 spiro atoms. The molecule has 311 valence electrons. The molecule has 0 aromatic heterocycles. The van der Waals surface area contributed by atoms with Crippen LogP contribution in [0.5, 0.6) is 0 Å². The Kier molecular flexibility index (Phi) is 11.9. The van der Waals surface area contributed by atoms with Gasteiger partial charge in [0.1, 0.15) is 0 Å². The number of fused-ring (bicyclic) bond motifs is 2. The van der Waals surface area contributed by atoms with Gasteiger partial charge in [-0.1, -0.05) is 0 Å². The Morgan fingerprint density at radius 1 is 0.500 bits per heavy atom. The second-order valence-corrected chi connectivity index (χ2v) is 65.0. The topological polar surface area (TPSA) is 0 Å². The summed E-state index contributed by atoms with van der Waals surface area (Å²) in [4.78, 5) is 0. The molecule has 6 rings (SSSR count). The normalized spacial score (nSPS) is 18.2. The minimum atomic E-state index is -4.94. The zero-order valence-corrected chi connectivity index (χ0v) is 44.5. The first-order valence-corrected chi connectivity index (χ1v) is 38.4. The molecule has 4 heteroatoms. The Morgan fingerprint density at radius 2 is 0.793 bits per heavy atom. The van der Waals surface area contributed by atoms with Crippen LogP contribution in [-0.2, 0) is 50.1 Å². The summed E-state index contributed by atoms with van der Waals surface area (Å²) in [6.45, 7) is 42.3. The quantitative estimate of drug-likeness (QED) is 0.162. The van der Waals surface area contributed by atoms with Crippen LogP contribution in [0.25, 0.3) is 34.4 Å². The van der Waals surface area contributed by atoms with Gasteiger partial charge in [0, 0.05) is 0 Å². The number of hydrogen-bond acceptors (Lipinski definition) is 0. The van der Waals surface area contributed by atoms with E-state index < -0.39 is 21.5 Å². The monoisotopic (exact) mass is 909 g/mol. The fourth-order valence-electron chi connectivity index (χ4n) is 10.1. The van der Waals surface area contributed by atoms with Crippen LogP contribution in [-0.4, -0.2) is 5.92 Å². The second-order valence-electron chi connectivity index (χ2n) is 22.5. The minimum absolute atomic E-state index is 0.0262. The summed E-state index contributed by atoms with van der Waals surface area (Å²) in [5, 5.41) is 0. The predicted molar refractivity (Wildman–Crippen MR) is 261 cm³/mol. The van der Waals surface area contributed by atoms with E-state index in [1.807, 2.05) is 0 Å². The first-order valence-electron chi connectivity index (χ1n) is 22.1. The molecule has 0 fully saturated rings. The van der Waals surface area contributed by atoms with Crippen molar-refractivity contribution in [3.05, 3.63) is 127 Å². The van der Waals surface area contributed by atoms with Crippen LogP contribution < -0.4 is 0 Å². The van der Waals surface area contributed by atoms with Gasteiger partial charge in [0.05, 0.1) is 0 Å². The van der Waals surface area contributed by atoms with Crippen molar-refractivity contribution < 1.29 is 15.6 Å². The van der Waals surface area contributed by atoms with E-state index in [0.717, 1.165) is 12.8 Å². The van der Waals surface area contributed by atoms with Crippen LogP contribution in [0, 0.1) is 0 Å². The van der Waals surface area contributed by atoms with Gasteiger partial charge in [0.2, 0.25) is 0 Å². The first kappa shape index (κ1) is 45.6. The molecular formula is C54H73Cl2SiZr. The van der Waals surface area contributed by atoms with E-state index in [4.69, 9.17) is 17.0 Å². The van der Waals surface area contributed by atoms with Crippen LogP contribution in [0.15, 0.2) is 71.8 Å². The molecule has 0 nitrogen and oxygen atoms in total. The van der Waals surface area contributed by atoms with Crippen LogP contribution >= 0.6 is 17.0 Å².